The molecule has 1 N–H and O–H groups in total. The van der Waals surface area contributed by atoms with Crippen molar-refractivity contribution in [3.8, 4) is 10.6 Å². The second-order valence-corrected chi connectivity index (χ2v) is 6.65. The summed E-state index contributed by atoms with van der Waals surface area (Å²) in [6, 6.07) is 6.59. The lowest BCUT2D eigenvalue weighted by Gasteiger charge is -2.08. The largest absolute Gasteiger partial charge is 0.308 e. The summed E-state index contributed by atoms with van der Waals surface area (Å²) >= 11 is 4.06. The van der Waals surface area contributed by atoms with Gasteiger partial charge in [-0.3, -0.25) is 0 Å². The molecule has 0 aliphatic carbocycles. The Kier molecular flexibility index (Phi) is 5.29. The molecular weight excluding hydrogens is 369 g/mol. The van der Waals surface area contributed by atoms with Crippen LogP contribution in [0.15, 0.2) is 18.2 Å². The lowest BCUT2D eigenvalue weighted by molar-refractivity contribution is 0.564. The minimum absolute atomic E-state index is 0.272. The van der Waals surface area contributed by atoms with Crippen LogP contribution in [0.1, 0.15) is 36.9 Å². The zero-order chi connectivity index (χ0) is 13.8. The smallest absolute Gasteiger partial charge is 0.148 e. The first-order valence-corrected chi connectivity index (χ1v) is 8.35. The Balaban J connectivity index is 2.23. The molecule has 0 fully saturated rings. The second-order valence-electron chi connectivity index (χ2n) is 4.56. The molecular formula is C14H18IN3S. The first-order chi connectivity index (χ1) is 9.13. The van der Waals surface area contributed by atoms with E-state index in [1.165, 1.54) is 14.7 Å². The zero-order valence-corrected chi connectivity index (χ0v) is 14.4. The van der Waals surface area contributed by atoms with E-state index in [9.17, 15) is 0 Å². The molecule has 102 valence electrons. The number of aryl methyl sites for hydroxylation is 1. The first-order valence-electron chi connectivity index (χ1n) is 6.45. The molecule has 2 aromatic rings. The van der Waals surface area contributed by atoms with Gasteiger partial charge in [0.15, 0.2) is 0 Å². The molecule has 0 saturated heterocycles. The molecule has 0 aliphatic heterocycles. The lowest BCUT2D eigenvalue weighted by Crippen LogP contribution is -2.18. The van der Waals surface area contributed by atoms with Crippen LogP contribution in [0.4, 0.5) is 0 Å². The zero-order valence-electron chi connectivity index (χ0n) is 11.4. The molecule has 1 heterocycles. The van der Waals surface area contributed by atoms with Crippen LogP contribution >= 0.6 is 33.9 Å². The average Bonchev–Trinajstić information content (AvgIpc) is 2.88. The Hall–Kier alpha value is -0.530. The summed E-state index contributed by atoms with van der Waals surface area (Å²) in [6.45, 7) is 7.44. The number of nitrogens with zero attached hydrogens (tertiary/aromatic N) is 2. The standard InChI is InChI=1S/C14H18IN3S/c1-4-8-16-10(3)13-17-18-14(19-13)11-7-5-6-9(2)12(11)15/h5-7,10,16H,4,8H2,1-3H3. The number of halogens is 1. The summed E-state index contributed by atoms with van der Waals surface area (Å²) in [7, 11) is 0. The van der Waals surface area contributed by atoms with Crippen molar-refractivity contribution >= 4 is 33.9 Å². The number of nitrogens with one attached hydrogen (secondary N) is 1. The average molecular weight is 387 g/mol. The van der Waals surface area contributed by atoms with E-state index in [0.717, 1.165) is 23.0 Å². The normalized spacial score (nSPS) is 12.6. The summed E-state index contributed by atoms with van der Waals surface area (Å²) in [5.41, 5.74) is 2.47. The Morgan fingerprint density at radius 2 is 2.16 bits per heavy atom. The van der Waals surface area contributed by atoms with Crippen molar-refractivity contribution in [2.75, 3.05) is 6.54 Å². The van der Waals surface area contributed by atoms with Crippen LogP contribution in [0, 0.1) is 10.5 Å². The molecule has 0 saturated carbocycles. The number of hydrogen-bond acceptors (Lipinski definition) is 4. The van der Waals surface area contributed by atoms with Crippen molar-refractivity contribution in [2.45, 2.75) is 33.2 Å². The van der Waals surface area contributed by atoms with Gasteiger partial charge in [0.1, 0.15) is 10.0 Å². The van der Waals surface area contributed by atoms with E-state index in [4.69, 9.17) is 0 Å². The highest BCUT2D eigenvalue weighted by Gasteiger charge is 2.14. The van der Waals surface area contributed by atoms with E-state index in [2.05, 4.69) is 77.1 Å². The van der Waals surface area contributed by atoms with E-state index < -0.39 is 0 Å². The maximum Gasteiger partial charge on any atom is 0.148 e. The van der Waals surface area contributed by atoms with Gasteiger partial charge in [0.25, 0.3) is 0 Å². The molecule has 3 nitrogen and oxygen atoms in total. The lowest BCUT2D eigenvalue weighted by atomic mass is 10.1. The van der Waals surface area contributed by atoms with Crippen LogP contribution in [0.3, 0.4) is 0 Å². The van der Waals surface area contributed by atoms with Crippen molar-refractivity contribution in [1.82, 2.24) is 15.5 Å². The molecule has 1 aromatic heterocycles. The second kappa shape index (κ2) is 6.76. The Morgan fingerprint density at radius 1 is 1.37 bits per heavy atom. The van der Waals surface area contributed by atoms with E-state index >= 15 is 0 Å². The molecule has 1 unspecified atom stereocenters. The molecule has 0 aliphatic rings. The van der Waals surface area contributed by atoms with Gasteiger partial charge in [0.2, 0.25) is 0 Å². The van der Waals surface area contributed by atoms with E-state index in [-0.39, 0.29) is 6.04 Å². The summed E-state index contributed by atoms with van der Waals surface area (Å²) in [5.74, 6) is 0. The molecule has 1 atom stereocenters. The summed E-state index contributed by atoms with van der Waals surface area (Å²) in [6.07, 6.45) is 1.13. The van der Waals surface area contributed by atoms with Crippen molar-refractivity contribution < 1.29 is 0 Å². The van der Waals surface area contributed by atoms with Gasteiger partial charge in [-0.1, -0.05) is 36.5 Å². The minimum Gasteiger partial charge on any atom is -0.308 e. The van der Waals surface area contributed by atoms with Gasteiger partial charge in [-0.15, -0.1) is 10.2 Å². The monoisotopic (exact) mass is 387 g/mol. The fourth-order valence-electron chi connectivity index (χ4n) is 1.78. The number of rotatable bonds is 5. The van der Waals surface area contributed by atoms with Crippen LogP contribution in [0.25, 0.3) is 10.6 Å². The predicted octanol–water partition coefficient (Wildman–Crippen LogP) is 4.18. The van der Waals surface area contributed by atoms with E-state index in [1.54, 1.807) is 11.3 Å². The fourth-order valence-corrected chi connectivity index (χ4v) is 3.48. The van der Waals surface area contributed by atoms with Crippen LogP contribution < -0.4 is 5.32 Å². The molecule has 0 amide bonds. The van der Waals surface area contributed by atoms with E-state index in [1.807, 2.05) is 0 Å². The maximum atomic E-state index is 4.34. The van der Waals surface area contributed by atoms with Crippen LogP contribution in [-0.4, -0.2) is 16.7 Å². The third-order valence-electron chi connectivity index (χ3n) is 2.93. The number of hydrogen-bond donors (Lipinski definition) is 1. The van der Waals surface area contributed by atoms with Gasteiger partial charge >= 0.3 is 0 Å². The minimum atomic E-state index is 0.272. The van der Waals surface area contributed by atoms with Gasteiger partial charge in [-0.05, 0) is 55.0 Å². The van der Waals surface area contributed by atoms with Gasteiger partial charge in [-0.2, -0.15) is 0 Å². The van der Waals surface area contributed by atoms with Gasteiger partial charge in [0, 0.05) is 9.13 Å². The van der Waals surface area contributed by atoms with Crippen LogP contribution in [-0.2, 0) is 0 Å². The van der Waals surface area contributed by atoms with Crippen molar-refractivity contribution in [1.29, 1.82) is 0 Å². The first kappa shape index (κ1) is 14.9. The quantitative estimate of drug-likeness (QED) is 0.783. The SMILES string of the molecule is CCCNC(C)c1nnc(-c2cccc(C)c2I)s1. The van der Waals surface area contributed by atoms with Crippen molar-refractivity contribution in [3.63, 3.8) is 0 Å². The van der Waals surface area contributed by atoms with Crippen LogP contribution in [0.2, 0.25) is 0 Å². The molecule has 0 bridgehead atoms. The number of benzene rings is 1. The fraction of sp³-hybridized carbons (Fsp3) is 0.429. The maximum absolute atomic E-state index is 4.34. The van der Waals surface area contributed by atoms with Crippen molar-refractivity contribution in [2.24, 2.45) is 0 Å². The Bertz CT molecular complexity index is 553. The molecule has 5 heteroatoms. The highest BCUT2D eigenvalue weighted by atomic mass is 127. The summed E-state index contributed by atoms with van der Waals surface area (Å²) < 4.78 is 1.26. The van der Waals surface area contributed by atoms with Gasteiger partial charge in [0.05, 0.1) is 6.04 Å². The van der Waals surface area contributed by atoms with Gasteiger partial charge in [-0.25, -0.2) is 0 Å². The van der Waals surface area contributed by atoms with Crippen LogP contribution in [0.5, 0.6) is 0 Å². The van der Waals surface area contributed by atoms with Gasteiger partial charge < -0.3 is 5.32 Å². The third kappa shape index (κ3) is 3.52. The van der Waals surface area contributed by atoms with E-state index in [0.29, 0.717) is 0 Å². The Labute approximate surface area is 132 Å². The van der Waals surface area contributed by atoms with Crippen molar-refractivity contribution in [3.05, 3.63) is 32.3 Å². The molecule has 19 heavy (non-hydrogen) atoms. The molecule has 2 rings (SSSR count). The summed E-state index contributed by atoms with van der Waals surface area (Å²) in [4.78, 5) is 0. The molecule has 1 aromatic carbocycles. The topological polar surface area (TPSA) is 37.8 Å². The molecule has 0 spiro atoms. The third-order valence-corrected chi connectivity index (χ3v) is 5.50. The molecule has 0 radical (unpaired) electrons. The highest BCUT2D eigenvalue weighted by Crippen LogP contribution is 2.31. The summed E-state index contributed by atoms with van der Waals surface area (Å²) in [5, 5.41) is 14.2. The highest BCUT2D eigenvalue weighted by molar-refractivity contribution is 14.1. The predicted molar refractivity (Wildman–Crippen MR) is 89.5 cm³/mol. The number of aromatic nitrogens is 2. The Morgan fingerprint density at radius 3 is 2.89 bits per heavy atom.